The maximum atomic E-state index is 2.43. The van der Waals surface area contributed by atoms with Crippen molar-refractivity contribution in [3.8, 4) is 33.4 Å². The van der Waals surface area contributed by atoms with Crippen LogP contribution in [0.25, 0.3) is 98.0 Å². The van der Waals surface area contributed by atoms with Crippen LogP contribution in [0.1, 0.15) is 0 Å². The zero-order chi connectivity index (χ0) is 31.6. The number of fused-ring (bicyclic) bond motifs is 8. The lowest BCUT2D eigenvalue weighted by molar-refractivity contribution is 1.63. The second-order valence-corrected chi connectivity index (χ2v) is 12.8. The Balaban J connectivity index is 1.23. The van der Waals surface area contributed by atoms with Crippen LogP contribution in [-0.4, -0.2) is 0 Å². The van der Waals surface area contributed by atoms with E-state index >= 15 is 0 Å². The molecule has 48 heavy (non-hydrogen) atoms. The monoisotopic (exact) mass is 606 g/mol. The zero-order valence-electron chi connectivity index (χ0n) is 26.3. The van der Waals surface area contributed by atoms with Crippen LogP contribution in [0.2, 0.25) is 0 Å². The molecule has 0 aromatic heterocycles. The van der Waals surface area contributed by atoms with Gasteiger partial charge in [-0.15, -0.1) is 0 Å². The van der Waals surface area contributed by atoms with Gasteiger partial charge in [-0.05, 0) is 110 Å². The van der Waals surface area contributed by atoms with Gasteiger partial charge < -0.3 is 0 Å². The first-order chi connectivity index (χ1) is 23.8. The van der Waals surface area contributed by atoms with E-state index in [-0.39, 0.29) is 0 Å². The maximum Gasteiger partial charge on any atom is -0.00199 e. The lowest BCUT2D eigenvalue weighted by Crippen LogP contribution is -1.92. The van der Waals surface area contributed by atoms with Crippen molar-refractivity contribution in [3.05, 3.63) is 182 Å². The van der Waals surface area contributed by atoms with Gasteiger partial charge in [-0.1, -0.05) is 170 Å². The molecular formula is C48H30. The van der Waals surface area contributed by atoms with E-state index in [1.807, 2.05) is 0 Å². The van der Waals surface area contributed by atoms with E-state index in [2.05, 4.69) is 182 Å². The summed E-state index contributed by atoms with van der Waals surface area (Å²) in [5.74, 6) is 0. The molecule has 0 aliphatic rings. The molecule has 0 amide bonds. The molecule has 10 aromatic carbocycles. The van der Waals surface area contributed by atoms with Crippen LogP contribution in [-0.2, 0) is 0 Å². The van der Waals surface area contributed by atoms with E-state index in [1.165, 1.54) is 98.0 Å². The molecule has 0 atom stereocenters. The fraction of sp³-hybridized carbons (Fsp3) is 0. The summed E-state index contributed by atoms with van der Waals surface area (Å²) in [5, 5.41) is 15.4. The minimum atomic E-state index is 1.23. The molecule has 10 rings (SSSR count). The Kier molecular flexibility index (Phi) is 5.98. The molecule has 0 saturated heterocycles. The molecule has 0 aliphatic carbocycles. The van der Waals surface area contributed by atoms with Crippen molar-refractivity contribution in [2.75, 3.05) is 0 Å². The summed E-state index contributed by atoms with van der Waals surface area (Å²) < 4.78 is 0. The first-order valence-electron chi connectivity index (χ1n) is 16.7. The van der Waals surface area contributed by atoms with Crippen molar-refractivity contribution >= 4 is 64.6 Å². The third kappa shape index (κ3) is 4.10. The number of rotatable bonds is 3. The topological polar surface area (TPSA) is 0 Å². The van der Waals surface area contributed by atoms with E-state index < -0.39 is 0 Å². The first-order valence-corrected chi connectivity index (χ1v) is 16.7. The van der Waals surface area contributed by atoms with Crippen LogP contribution in [0.5, 0.6) is 0 Å². The molecule has 0 fully saturated rings. The van der Waals surface area contributed by atoms with E-state index in [1.54, 1.807) is 0 Å². The van der Waals surface area contributed by atoms with Crippen LogP contribution in [0, 0.1) is 0 Å². The fourth-order valence-corrected chi connectivity index (χ4v) is 8.01. The van der Waals surface area contributed by atoms with Gasteiger partial charge >= 0.3 is 0 Å². The summed E-state index contributed by atoms with van der Waals surface area (Å²) in [6.07, 6.45) is 0. The maximum absolute atomic E-state index is 2.43. The highest BCUT2D eigenvalue weighted by molar-refractivity contribution is 6.28. The Hall–Kier alpha value is -6.24. The van der Waals surface area contributed by atoms with Crippen LogP contribution < -0.4 is 0 Å². The minimum Gasteiger partial charge on any atom is -0.0616 e. The highest BCUT2D eigenvalue weighted by atomic mass is 14.2. The van der Waals surface area contributed by atoms with Crippen molar-refractivity contribution in [1.29, 1.82) is 0 Å². The Labute approximate surface area is 279 Å². The van der Waals surface area contributed by atoms with Gasteiger partial charge in [0.1, 0.15) is 0 Å². The lowest BCUT2D eigenvalue weighted by atomic mass is 9.83. The van der Waals surface area contributed by atoms with Gasteiger partial charge in [0.15, 0.2) is 0 Å². The second kappa shape index (κ2) is 10.7. The molecule has 10 aromatic rings. The molecule has 0 heteroatoms. The zero-order valence-corrected chi connectivity index (χ0v) is 26.3. The smallest absolute Gasteiger partial charge is 0.00199 e. The normalized spacial score (nSPS) is 11.8. The van der Waals surface area contributed by atoms with Gasteiger partial charge in [-0.2, -0.15) is 0 Å². The third-order valence-corrected chi connectivity index (χ3v) is 10.2. The predicted octanol–water partition coefficient (Wildman–Crippen LogP) is 13.6. The van der Waals surface area contributed by atoms with Crippen molar-refractivity contribution in [1.82, 2.24) is 0 Å². The highest BCUT2D eigenvalue weighted by Crippen LogP contribution is 2.47. The molecule has 0 spiro atoms. The van der Waals surface area contributed by atoms with Crippen molar-refractivity contribution < 1.29 is 0 Å². The Morgan fingerprint density at radius 1 is 0.229 bits per heavy atom. The van der Waals surface area contributed by atoms with Crippen LogP contribution in [0.4, 0.5) is 0 Å². The lowest BCUT2D eigenvalue weighted by Gasteiger charge is -2.20. The van der Waals surface area contributed by atoms with Gasteiger partial charge in [-0.3, -0.25) is 0 Å². The van der Waals surface area contributed by atoms with E-state index in [0.29, 0.717) is 0 Å². The SMILES string of the molecule is c1ccc2cc(-c3ccc(-c4c5ccccc5c(-c5cc6ccc7ccccc7c6c6ccccc56)c5ccccc45)cc3)ccc2c1. The van der Waals surface area contributed by atoms with Crippen LogP contribution >= 0.6 is 0 Å². The summed E-state index contributed by atoms with van der Waals surface area (Å²) in [5.41, 5.74) is 7.55. The molecule has 0 nitrogen and oxygen atoms in total. The first kappa shape index (κ1) is 26.9. The third-order valence-electron chi connectivity index (χ3n) is 10.2. The van der Waals surface area contributed by atoms with E-state index in [9.17, 15) is 0 Å². The minimum absolute atomic E-state index is 1.23. The molecule has 0 aliphatic heterocycles. The van der Waals surface area contributed by atoms with E-state index in [0.717, 1.165) is 0 Å². The largest absolute Gasteiger partial charge is 0.0616 e. The fourth-order valence-electron chi connectivity index (χ4n) is 8.01. The second-order valence-electron chi connectivity index (χ2n) is 12.8. The summed E-state index contributed by atoms with van der Waals surface area (Å²) in [6, 6.07) is 67.1. The summed E-state index contributed by atoms with van der Waals surface area (Å²) in [7, 11) is 0. The quantitative estimate of drug-likeness (QED) is 0.139. The Morgan fingerprint density at radius 2 is 0.688 bits per heavy atom. The van der Waals surface area contributed by atoms with Crippen molar-refractivity contribution in [2.24, 2.45) is 0 Å². The van der Waals surface area contributed by atoms with Gasteiger partial charge in [0, 0.05) is 0 Å². The van der Waals surface area contributed by atoms with Gasteiger partial charge in [-0.25, -0.2) is 0 Å². The number of hydrogen-bond acceptors (Lipinski definition) is 0. The molecule has 0 N–H and O–H groups in total. The molecule has 0 heterocycles. The number of hydrogen-bond donors (Lipinski definition) is 0. The van der Waals surface area contributed by atoms with Crippen LogP contribution in [0.15, 0.2) is 182 Å². The average Bonchev–Trinajstić information content (AvgIpc) is 3.16. The highest BCUT2D eigenvalue weighted by Gasteiger charge is 2.19. The van der Waals surface area contributed by atoms with Crippen molar-refractivity contribution in [2.45, 2.75) is 0 Å². The standard InChI is InChI=1S/C48H30/c1-2-13-35-29-36(27-23-31(35)11-1)32-21-25-34(26-22-32)46-41-17-7-9-19-43(41)48(44-20-10-8-18-42(44)46)45-30-37-28-24-33-12-3-4-14-38(33)47(37)40-16-6-5-15-39(40)45/h1-30H. The molecule has 0 unspecified atom stereocenters. The number of benzene rings is 10. The Bertz CT molecular complexity index is 2820. The van der Waals surface area contributed by atoms with Crippen LogP contribution in [0.3, 0.4) is 0 Å². The molecule has 0 bridgehead atoms. The summed E-state index contributed by atoms with van der Waals surface area (Å²) in [6.45, 7) is 0. The predicted molar refractivity (Wildman–Crippen MR) is 208 cm³/mol. The van der Waals surface area contributed by atoms with Gasteiger partial charge in [0.2, 0.25) is 0 Å². The molecule has 0 radical (unpaired) electrons. The Morgan fingerprint density at radius 3 is 1.38 bits per heavy atom. The van der Waals surface area contributed by atoms with Gasteiger partial charge in [0.25, 0.3) is 0 Å². The molecule has 0 saturated carbocycles. The van der Waals surface area contributed by atoms with Gasteiger partial charge in [0.05, 0.1) is 0 Å². The van der Waals surface area contributed by atoms with Crippen molar-refractivity contribution in [3.63, 3.8) is 0 Å². The summed E-state index contributed by atoms with van der Waals surface area (Å²) >= 11 is 0. The molecular weight excluding hydrogens is 577 g/mol. The molecule has 222 valence electrons. The summed E-state index contributed by atoms with van der Waals surface area (Å²) in [4.78, 5) is 0. The van der Waals surface area contributed by atoms with E-state index in [4.69, 9.17) is 0 Å². The average molecular weight is 607 g/mol.